The van der Waals surface area contributed by atoms with Gasteiger partial charge in [-0.2, -0.15) is 5.26 Å². The fraction of sp³-hybridized carbons (Fsp3) is 0. The van der Waals surface area contributed by atoms with Gasteiger partial charge in [0.1, 0.15) is 0 Å². The van der Waals surface area contributed by atoms with Crippen LogP contribution in [-0.2, 0) is 0 Å². The van der Waals surface area contributed by atoms with Gasteiger partial charge < -0.3 is 5.11 Å². The summed E-state index contributed by atoms with van der Waals surface area (Å²) in [5.41, 5.74) is 1.55. The maximum Gasteiger partial charge on any atom is 1.00 e. The van der Waals surface area contributed by atoms with E-state index in [4.69, 9.17) is 5.26 Å². The Kier molecular flexibility index (Phi) is 5.16. The van der Waals surface area contributed by atoms with E-state index in [1.54, 1.807) is 11.6 Å². The summed E-state index contributed by atoms with van der Waals surface area (Å²) in [6.07, 6.45) is 2.41. The van der Waals surface area contributed by atoms with Gasteiger partial charge in [-0.05, 0) is 0 Å². The van der Waals surface area contributed by atoms with Crippen LogP contribution >= 0.6 is 11.3 Å². The van der Waals surface area contributed by atoms with E-state index in [0.717, 1.165) is 6.08 Å². The molecule has 3 nitrogen and oxygen atoms in total. The molecule has 1 aromatic heterocycles. The molecule has 0 radical (unpaired) electrons. The molecule has 50 valence electrons. The van der Waals surface area contributed by atoms with Crippen LogP contribution < -0.4 is 34.7 Å². The van der Waals surface area contributed by atoms with Crippen LogP contribution in [0, 0.1) is 11.3 Å². The Hall–Kier alpha value is -0.340. The molecular formula is C6H3N2NaOS. The first-order chi connectivity index (χ1) is 4.84. The molecule has 0 fully saturated rings. The summed E-state index contributed by atoms with van der Waals surface area (Å²) < 4.78 is 0. The van der Waals surface area contributed by atoms with E-state index < -0.39 is 0 Å². The van der Waals surface area contributed by atoms with E-state index >= 15 is 0 Å². The third kappa shape index (κ3) is 3.04. The topological polar surface area (TPSA) is 59.7 Å². The Morgan fingerprint density at radius 2 is 2.55 bits per heavy atom. The van der Waals surface area contributed by atoms with E-state index in [1.807, 2.05) is 0 Å². The Morgan fingerprint density at radius 1 is 1.82 bits per heavy atom. The van der Waals surface area contributed by atoms with Crippen LogP contribution in [0.15, 0.2) is 17.8 Å². The van der Waals surface area contributed by atoms with Crippen molar-refractivity contribution < 1.29 is 34.7 Å². The number of thiazole rings is 1. The van der Waals surface area contributed by atoms with Crippen LogP contribution in [0.25, 0.3) is 5.76 Å². The minimum atomic E-state index is -0.273. The fourth-order valence-corrected chi connectivity index (χ4v) is 0.999. The van der Waals surface area contributed by atoms with Gasteiger partial charge in [-0.1, -0.05) is 5.76 Å². The van der Waals surface area contributed by atoms with Gasteiger partial charge in [0.25, 0.3) is 0 Å². The largest absolute Gasteiger partial charge is 1.00 e. The molecule has 0 aromatic carbocycles. The molecule has 0 aliphatic heterocycles. The molecule has 0 amide bonds. The van der Waals surface area contributed by atoms with Crippen molar-refractivity contribution in [2.45, 2.75) is 0 Å². The minimum Gasteiger partial charge on any atom is -0.871 e. The smallest absolute Gasteiger partial charge is 0.871 e. The summed E-state index contributed by atoms with van der Waals surface area (Å²) in [6, 6.07) is 1.66. The number of nitrogens with zero attached hydrogens (tertiary/aromatic N) is 2. The molecule has 0 atom stereocenters. The number of rotatable bonds is 1. The number of nitriles is 1. The van der Waals surface area contributed by atoms with Crippen molar-refractivity contribution in [3.8, 4) is 6.07 Å². The molecule has 0 saturated carbocycles. The van der Waals surface area contributed by atoms with Gasteiger partial charge in [0.05, 0.1) is 11.6 Å². The van der Waals surface area contributed by atoms with Gasteiger partial charge in [-0.3, -0.25) is 4.98 Å². The second kappa shape index (κ2) is 5.33. The second-order valence-electron chi connectivity index (χ2n) is 1.50. The predicted octanol–water partition coefficient (Wildman–Crippen LogP) is -2.63. The number of hydrogen-bond acceptors (Lipinski definition) is 4. The van der Waals surface area contributed by atoms with Crippen LogP contribution in [0.3, 0.4) is 0 Å². The predicted molar refractivity (Wildman–Crippen MR) is 35.7 cm³/mol. The molecule has 5 heteroatoms. The molecular weight excluding hydrogens is 171 g/mol. The summed E-state index contributed by atoms with van der Waals surface area (Å²) in [6.45, 7) is 0. The van der Waals surface area contributed by atoms with E-state index in [2.05, 4.69) is 4.98 Å². The molecule has 1 aromatic rings. The van der Waals surface area contributed by atoms with Crippen molar-refractivity contribution in [1.29, 1.82) is 5.26 Å². The van der Waals surface area contributed by atoms with Gasteiger partial charge >= 0.3 is 29.6 Å². The molecule has 0 N–H and O–H groups in total. The van der Waals surface area contributed by atoms with Crippen molar-refractivity contribution in [1.82, 2.24) is 4.98 Å². The van der Waals surface area contributed by atoms with Gasteiger partial charge in [0.2, 0.25) is 0 Å². The maximum atomic E-state index is 10.8. The zero-order valence-electron chi connectivity index (χ0n) is 5.94. The third-order valence-electron chi connectivity index (χ3n) is 0.871. The Labute approximate surface area is 90.3 Å². The normalized spacial score (nSPS) is 9.91. The van der Waals surface area contributed by atoms with Crippen molar-refractivity contribution in [3.63, 3.8) is 0 Å². The monoisotopic (exact) mass is 174 g/mol. The van der Waals surface area contributed by atoms with Crippen molar-refractivity contribution in [3.05, 3.63) is 22.7 Å². The number of hydrogen-bond donors (Lipinski definition) is 0. The third-order valence-corrected chi connectivity index (χ3v) is 1.66. The molecule has 0 spiro atoms. The van der Waals surface area contributed by atoms with Crippen molar-refractivity contribution >= 4 is 17.1 Å². The van der Waals surface area contributed by atoms with Crippen molar-refractivity contribution in [2.24, 2.45) is 0 Å². The van der Waals surface area contributed by atoms with Gasteiger partial charge in [0, 0.05) is 17.2 Å². The minimum absolute atomic E-state index is 0. The second-order valence-corrected chi connectivity index (χ2v) is 2.39. The zero-order chi connectivity index (χ0) is 7.40. The molecule has 0 unspecified atom stereocenters. The fourth-order valence-electron chi connectivity index (χ4n) is 0.467. The molecule has 11 heavy (non-hydrogen) atoms. The van der Waals surface area contributed by atoms with Crippen LogP contribution in [0.5, 0.6) is 0 Å². The molecule has 0 saturated heterocycles. The molecule has 1 heterocycles. The van der Waals surface area contributed by atoms with Crippen LogP contribution in [-0.4, -0.2) is 4.98 Å². The summed E-state index contributed by atoms with van der Waals surface area (Å²) in [5, 5.41) is 18.9. The van der Waals surface area contributed by atoms with Crippen LogP contribution in [0.2, 0.25) is 0 Å². The first-order valence-corrected chi connectivity index (χ1v) is 3.38. The Balaban J connectivity index is 0.000001000. The average Bonchev–Trinajstić information content (AvgIpc) is 2.38. The molecule has 0 aliphatic rings. The summed E-state index contributed by atoms with van der Waals surface area (Å²) in [7, 11) is 0. The average molecular weight is 174 g/mol. The maximum absolute atomic E-state index is 10.8. The summed E-state index contributed by atoms with van der Waals surface area (Å²) in [5.74, 6) is -0.273. The molecule has 1 rings (SSSR count). The van der Waals surface area contributed by atoms with E-state index in [0.29, 0.717) is 4.88 Å². The molecule has 0 bridgehead atoms. The Morgan fingerprint density at radius 3 is 3.00 bits per heavy atom. The van der Waals surface area contributed by atoms with Gasteiger partial charge in [-0.15, -0.1) is 11.3 Å². The quantitative estimate of drug-likeness (QED) is 0.266. The zero-order valence-corrected chi connectivity index (χ0v) is 8.76. The SMILES string of the molecule is N#C/C=C(/[O-])c1cncs1.[Na+]. The summed E-state index contributed by atoms with van der Waals surface area (Å²) >= 11 is 1.23. The van der Waals surface area contributed by atoms with E-state index in [-0.39, 0.29) is 35.3 Å². The van der Waals surface area contributed by atoms with Crippen LogP contribution in [0.1, 0.15) is 4.88 Å². The van der Waals surface area contributed by atoms with Gasteiger partial charge in [-0.25, -0.2) is 0 Å². The Bertz CT molecular complexity index is 275. The van der Waals surface area contributed by atoms with Gasteiger partial charge in [0.15, 0.2) is 0 Å². The van der Waals surface area contributed by atoms with Crippen molar-refractivity contribution in [2.75, 3.05) is 0 Å². The molecule has 0 aliphatic carbocycles. The van der Waals surface area contributed by atoms with E-state index in [9.17, 15) is 5.11 Å². The standard InChI is InChI=1S/C6H4N2OS.Na/c7-2-1-5(9)6-3-8-4-10-6;/h1,3-4,9H;/q;+1/p-1/b5-1+;. The van der Waals surface area contributed by atoms with Crippen LogP contribution in [0.4, 0.5) is 0 Å². The number of allylic oxidation sites excluding steroid dienone is 1. The number of aromatic nitrogens is 1. The summed E-state index contributed by atoms with van der Waals surface area (Å²) in [4.78, 5) is 4.20. The first-order valence-electron chi connectivity index (χ1n) is 2.50. The first kappa shape index (κ1) is 10.7. The van der Waals surface area contributed by atoms with E-state index in [1.165, 1.54) is 17.5 Å².